The van der Waals surface area contributed by atoms with Crippen LogP contribution < -0.4 is 5.32 Å². The molecule has 0 spiro atoms. The average molecular weight is 309 g/mol. The summed E-state index contributed by atoms with van der Waals surface area (Å²) >= 11 is 9.78. The van der Waals surface area contributed by atoms with Crippen molar-refractivity contribution in [2.75, 3.05) is 5.32 Å². The number of halogens is 2. The van der Waals surface area contributed by atoms with Gasteiger partial charge in [0.1, 0.15) is 0 Å². The second kappa shape index (κ2) is 4.35. The summed E-state index contributed by atoms with van der Waals surface area (Å²) in [6.45, 7) is 0. The predicted octanol–water partition coefficient (Wildman–Crippen LogP) is 4.81. The minimum atomic E-state index is 0.306. The molecule has 0 saturated heterocycles. The summed E-state index contributed by atoms with van der Waals surface area (Å²) in [6.07, 6.45) is 0.985. The van der Waals surface area contributed by atoms with Crippen molar-refractivity contribution in [3.05, 3.63) is 63.1 Å². The fourth-order valence-electron chi connectivity index (χ4n) is 2.29. The van der Waals surface area contributed by atoms with Crippen molar-refractivity contribution in [1.82, 2.24) is 0 Å². The van der Waals surface area contributed by atoms with E-state index in [-0.39, 0.29) is 0 Å². The number of anilines is 1. The summed E-state index contributed by atoms with van der Waals surface area (Å²) < 4.78 is 1.14. The van der Waals surface area contributed by atoms with Crippen LogP contribution in [0.15, 0.2) is 46.9 Å². The first kappa shape index (κ1) is 11.1. The maximum Gasteiger partial charge on any atom is 0.0640 e. The monoisotopic (exact) mass is 307 g/mol. The van der Waals surface area contributed by atoms with Gasteiger partial charge in [0.05, 0.1) is 16.8 Å². The van der Waals surface area contributed by atoms with Gasteiger partial charge in [0.2, 0.25) is 0 Å². The van der Waals surface area contributed by atoms with Crippen LogP contribution in [0.1, 0.15) is 17.2 Å². The van der Waals surface area contributed by atoms with E-state index in [1.54, 1.807) is 0 Å². The maximum absolute atomic E-state index is 6.19. The van der Waals surface area contributed by atoms with E-state index in [2.05, 4.69) is 45.5 Å². The zero-order valence-electron chi connectivity index (χ0n) is 9.08. The number of rotatable bonds is 1. The van der Waals surface area contributed by atoms with Gasteiger partial charge in [0, 0.05) is 4.47 Å². The lowest BCUT2D eigenvalue weighted by molar-refractivity contribution is 0.819. The third-order valence-electron chi connectivity index (χ3n) is 3.12. The van der Waals surface area contributed by atoms with Crippen LogP contribution in [0.5, 0.6) is 0 Å². The Morgan fingerprint density at radius 2 is 1.94 bits per heavy atom. The van der Waals surface area contributed by atoms with E-state index in [1.807, 2.05) is 18.2 Å². The molecule has 0 bridgehead atoms. The molecule has 0 radical (unpaired) electrons. The lowest BCUT2D eigenvalue weighted by Crippen LogP contribution is -2.06. The first-order valence-electron chi connectivity index (χ1n) is 5.54. The highest BCUT2D eigenvalue weighted by atomic mass is 79.9. The van der Waals surface area contributed by atoms with E-state index in [9.17, 15) is 0 Å². The molecule has 1 aliphatic rings. The van der Waals surface area contributed by atoms with Crippen LogP contribution in [0.25, 0.3) is 0 Å². The van der Waals surface area contributed by atoms with E-state index in [1.165, 1.54) is 11.1 Å². The number of hydrogen-bond donors (Lipinski definition) is 1. The van der Waals surface area contributed by atoms with Crippen molar-refractivity contribution >= 4 is 33.2 Å². The zero-order chi connectivity index (χ0) is 11.8. The molecule has 1 unspecified atom stereocenters. The zero-order valence-corrected chi connectivity index (χ0v) is 11.4. The van der Waals surface area contributed by atoms with Gasteiger partial charge in [-0.1, -0.05) is 57.9 Å². The second-order valence-electron chi connectivity index (χ2n) is 4.20. The highest BCUT2D eigenvalue weighted by Crippen LogP contribution is 2.40. The second-order valence-corrected chi connectivity index (χ2v) is 5.46. The van der Waals surface area contributed by atoms with E-state index in [0.717, 1.165) is 21.6 Å². The Morgan fingerprint density at radius 1 is 1.12 bits per heavy atom. The van der Waals surface area contributed by atoms with Gasteiger partial charge < -0.3 is 5.32 Å². The molecule has 3 rings (SSSR count). The van der Waals surface area contributed by atoms with E-state index >= 15 is 0 Å². The number of benzene rings is 2. The Morgan fingerprint density at radius 3 is 2.71 bits per heavy atom. The van der Waals surface area contributed by atoms with Crippen molar-refractivity contribution < 1.29 is 0 Å². The summed E-state index contributed by atoms with van der Waals surface area (Å²) in [5.41, 5.74) is 3.65. The highest BCUT2D eigenvalue weighted by Gasteiger charge is 2.24. The van der Waals surface area contributed by atoms with E-state index in [4.69, 9.17) is 11.6 Å². The molecule has 2 aromatic rings. The van der Waals surface area contributed by atoms with Crippen molar-refractivity contribution in [2.45, 2.75) is 12.5 Å². The van der Waals surface area contributed by atoms with Gasteiger partial charge in [0.25, 0.3) is 0 Å². The number of fused-ring (bicyclic) bond motifs is 1. The molecular formula is C14H11BrClN. The van der Waals surface area contributed by atoms with E-state index in [0.29, 0.717) is 6.04 Å². The van der Waals surface area contributed by atoms with Gasteiger partial charge in [0.15, 0.2) is 0 Å². The van der Waals surface area contributed by atoms with Crippen LogP contribution in [0, 0.1) is 0 Å². The highest BCUT2D eigenvalue weighted by molar-refractivity contribution is 9.10. The van der Waals surface area contributed by atoms with Crippen molar-refractivity contribution in [3.63, 3.8) is 0 Å². The molecule has 0 saturated carbocycles. The predicted molar refractivity (Wildman–Crippen MR) is 75.7 cm³/mol. The van der Waals surface area contributed by atoms with Gasteiger partial charge in [-0.3, -0.25) is 0 Å². The molecule has 1 atom stereocenters. The molecule has 0 amide bonds. The van der Waals surface area contributed by atoms with Crippen LogP contribution in [-0.2, 0) is 6.42 Å². The lowest BCUT2D eigenvalue weighted by Gasteiger charge is -2.13. The first-order valence-corrected chi connectivity index (χ1v) is 6.71. The molecule has 3 heteroatoms. The van der Waals surface area contributed by atoms with Crippen LogP contribution in [0.3, 0.4) is 0 Å². The van der Waals surface area contributed by atoms with Crippen molar-refractivity contribution in [1.29, 1.82) is 0 Å². The third kappa shape index (κ3) is 1.96. The Balaban J connectivity index is 1.97. The number of para-hydroxylation sites is 1. The largest absolute Gasteiger partial charge is 0.376 e. The fraction of sp³-hybridized carbons (Fsp3) is 0.143. The molecule has 1 heterocycles. The first-order chi connectivity index (χ1) is 8.25. The van der Waals surface area contributed by atoms with E-state index < -0.39 is 0 Å². The normalized spacial score (nSPS) is 17.6. The maximum atomic E-state index is 6.19. The van der Waals surface area contributed by atoms with Gasteiger partial charge in [-0.05, 0) is 29.7 Å². The van der Waals surface area contributed by atoms with Gasteiger partial charge >= 0.3 is 0 Å². The Bertz CT molecular complexity index is 568. The third-order valence-corrected chi connectivity index (χ3v) is 4.16. The number of nitrogens with one attached hydrogen (secondary N) is 1. The Hall–Kier alpha value is -0.990. The number of hydrogen-bond acceptors (Lipinski definition) is 1. The minimum absolute atomic E-state index is 0.306. The molecule has 1 aliphatic heterocycles. The molecule has 86 valence electrons. The van der Waals surface area contributed by atoms with Crippen LogP contribution in [-0.4, -0.2) is 0 Å². The Kier molecular flexibility index (Phi) is 2.85. The standard InChI is InChI=1S/C14H11BrClN/c15-11-6-2-1-5-10(11)13-8-9-4-3-7-12(16)14(9)17-13/h1-7,13,17H,8H2. The smallest absolute Gasteiger partial charge is 0.0640 e. The van der Waals surface area contributed by atoms with Crippen LogP contribution >= 0.6 is 27.5 Å². The molecule has 17 heavy (non-hydrogen) atoms. The van der Waals surface area contributed by atoms with Gasteiger partial charge in [-0.2, -0.15) is 0 Å². The average Bonchev–Trinajstić information content (AvgIpc) is 2.75. The molecule has 0 aliphatic carbocycles. The SMILES string of the molecule is Clc1cccc2c1NC(c1ccccc1Br)C2. The van der Waals surface area contributed by atoms with Gasteiger partial charge in [-0.15, -0.1) is 0 Å². The van der Waals surface area contributed by atoms with Crippen LogP contribution in [0.2, 0.25) is 5.02 Å². The summed E-state index contributed by atoms with van der Waals surface area (Å²) in [4.78, 5) is 0. The molecule has 0 aromatic heterocycles. The summed E-state index contributed by atoms with van der Waals surface area (Å²) in [5.74, 6) is 0. The molecule has 0 fully saturated rings. The topological polar surface area (TPSA) is 12.0 Å². The van der Waals surface area contributed by atoms with Crippen LogP contribution in [0.4, 0.5) is 5.69 Å². The van der Waals surface area contributed by atoms with Gasteiger partial charge in [-0.25, -0.2) is 0 Å². The molecule has 1 nitrogen and oxygen atoms in total. The van der Waals surface area contributed by atoms with Crippen molar-refractivity contribution in [3.8, 4) is 0 Å². The molecule has 1 N–H and O–H groups in total. The molecule has 2 aromatic carbocycles. The summed E-state index contributed by atoms with van der Waals surface area (Å²) in [6, 6.07) is 14.7. The quantitative estimate of drug-likeness (QED) is 0.797. The Labute approximate surface area is 114 Å². The van der Waals surface area contributed by atoms with Crippen molar-refractivity contribution in [2.24, 2.45) is 0 Å². The molecular weight excluding hydrogens is 298 g/mol. The lowest BCUT2D eigenvalue weighted by atomic mass is 10.0. The summed E-state index contributed by atoms with van der Waals surface area (Å²) in [5, 5.41) is 4.30. The minimum Gasteiger partial charge on any atom is -0.376 e. The fourth-order valence-corrected chi connectivity index (χ4v) is 3.10. The summed E-state index contributed by atoms with van der Waals surface area (Å²) in [7, 11) is 0.